The Labute approximate surface area is 112 Å². The number of nitrogens with zero attached hydrogens (tertiary/aromatic N) is 1. The molecule has 1 aromatic rings. The Morgan fingerprint density at radius 3 is 2.89 bits per heavy atom. The average Bonchev–Trinajstić information content (AvgIpc) is 2.34. The minimum Gasteiger partial charge on any atom is -0.357 e. The first kappa shape index (κ1) is 13.8. The van der Waals surface area contributed by atoms with Crippen molar-refractivity contribution in [1.29, 1.82) is 0 Å². The first-order valence-corrected chi connectivity index (χ1v) is 6.41. The van der Waals surface area contributed by atoms with Crippen LogP contribution < -0.4 is 16.2 Å². The summed E-state index contributed by atoms with van der Waals surface area (Å²) >= 11 is 0. The summed E-state index contributed by atoms with van der Waals surface area (Å²) in [6, 6.07) is 4.73. The maximum atomic E-state index is 13.4. The van der Waals surface area contributed by atoms with E-state index >= 15 is 0 Å². The molecule has 104 valence electrons. The van der Waals surface area contributed by atoms with Crippen LogP contribution in [0.2, 0.25) is 0 Å². The highest BCUT2D eigenvalue weighted by Gasteiger charge is 2.37. The second kappa shape index (κ2) is 4.81. The van der Waals surface area contributed by atoms with Crippen LogP contribution in [0, 0.1) is 5.82 Å². The number of benzene rings is 1. The predicted octanol–water partition coefficient (Wildman–Crippen LogP) is 1.91. The Morgan fingerprint density at radius 1 is 1.58 bits per heavy atom. The third-order valence-electron chi connectivity index (χ3n) is 3.81. The largest absolute Gasteiger partial charge is 0.357 e. The van der Waals surface area contributed by atoms with Crippen LogP contribution in [0.4, 0.5) is 10.1 Å². The molecule has 0 aromatic heterocycles. The van der Waals surface area contributed by atoms with Gasteiger partial charge in [0.25, 0.3) is 5.91 Å². The fourth-order valence-electron chi connectivity index (χ4n) is 2.95. The molecule has 0 unspecified atom stereocenters. The van der Waals surface area contributed by atoms with Crippen LogP contribution in [0.1, 0.15) is 38.7 Å². The molecule has 5 heteroatoms. The van der Waals surface area contributed by atoms with Gasteiger partial charge in [-0.3, -0.25) is 10.2 Å². The summed E-state index contributed by atoms with van der Waals surface area (Å²) in [6.07, 6.45) is 0.862. The van der Waals surface area contributed by atoms with E-state index in [1.807, 2.05) is 4.90 Å². The molecule has 0 saturated heterocycles. The zero-order valence-corrected chi connectivity index (χ0v) is 11.5. The number of anilines is 1. The summed E-state index contributed by atoms with van der Waals surface area (Å²) in [5.74, 6) is 4.93. The summed E-state index contributed by atoms with van der Waals surface area (Å²) in [5.41, 5.74) is 3.84. The fourth-order valence-corrected chi connectivity index (χ4v) is 2.95. The molecule has 1 heterocycles. The number of hydrazine groups is 1. The number of fused-ring (bicyclic) bond motifs is 1. The molecule has 0 aliphatic carbocycles. The van der Waals surface area contributed by atoms with Crippen LogP contribution in [0.3, 0.4) is 0 Å². The molecule has 1 aliphatic heterocycles. The molecule has 3 N–H and O–H groups in total. The lowest BCUT2D eigenvalue weighted by molar-refractivity contribution is -0.120. The van der Waals surface area contributed by atoms with Crippen molar-refractivity contribution in [2.24, 2.45) is 5.84 Å². The van der Waals surface area contributed by atoms with Gasteiger partial charge in [-0.2, -0.15) is 0 Å². The minimum atomic E-state index is -0.252. The molecule has 1 atom stereocenters. The number of amides is 1. The first-order valence-electron chi connectivity index (χ1n) is 6.41. The third kappa shape index (κ3) is 2.56. The highest BCUT2D eigenvalue weighted by molar-refractivity contribution is 5.82. The maximum Gasteiger partial charge on any atom is 0.253 e. The van der Waals surface area contributed by atoms with Crippen LogP contribution in [0.15, 0.2) is 18.2 Å². The van der Waals surface area contributed by atoms with Gasteiger partial charge in [-0.05, 0) is 49.9 Å². The van der Waals surface area contributed by atoms with Gasteiger partial charge < -0.3 is 4.90 Å². The topological polar surface area (TPSA) is 58.4 Å². The zero-order chi connectivity index (χ0) is 14.2. The van der Waals surface area contributed by atoms with E-state index in [-0.39, 0.29) is 29.7 Å². The Kier molecular flexibility index (Phi) is 3.49. The van der Waals surface area contributed by atoms with Gasteiger partial charge >= 0.3 is 0 Å². The minimum absolute atomic E-state index is 0.170. The van der Waals surface area contributed by atoms with Gasteiger partial charge in [-0.25, -0.2) is 10.2 Å². The molecule has 19 heavy (non-hydrogen) atoms. The fraction of sp³-hybridized carbons (Fsp3) is 0.500. The Balaban J connectivity index is 2.45. The molecule has 1 amide bonds. The zero-order valence-electron chi connectivity index (χ0n) is 11.5. The van der Waals surface area contributed by atoms with Gasteiger partial charge in [0.05, 0.1) is 6.54 Å². The lowest BCUT2D eigenvalue weighted by Crippen LogP contribution is -2.53. The SMILES string of the molecule is C[C@@H]1CC(C)(C)N(CC(=O)NN)c2ccc(F)cc21. The summed E-state index contributed by atoms with van der Waals surface area (Å²) < 4.78 is 13.4. The molecule has 1 aromatic carbocycles. The maximum absolute atomic E-state index is 13.4. The van der Waals surface area contributed by atoms with Crippen molar-refractivity contribution in [2.45, 2.75) is 38.6 Å². The smallest absolute Gasteiger partial charge is 0.253 e. The van der Waals surface area contributed by atoms with Crippen molar-refractivity contribution in [3.8, 4) is 0 Å². The van der Waals surface area contributed by atoms with Crippen molar-refractivity contribution in [3.63, 3.8) is 0 Å². The van der Waals surface area contributed by atoms with Gasteiger partial charge in [0.2, 0.25) is 0 Å². The molecule has 0 spiro atoms. The molecule has 1 aliphatic rings. The van der Waals surface area contributed by atoms with E-state index in [1.54, 1.807) is 12.1 Å². The normalized spacial score (nSPS) is 20.9. The van der Waals surface area contributed by atoms with Gasteiger partial charge in [-0.15, -0.1) is 0 Å². The van der Waals surface area contributed by atoms with Crippen molar-refractivity contribution in [3.05, 3.63) is 29.6 Å². The van der Waals surface area contributed by atoms with Crippen molar-refractivity contribution in [1.82, 2.24) is 5.43 Å². The summed E-state index contributed by atoms with van der Waals surface area (Å²) in [5, 5.41) is 0. The number of nitrogens with two attached hydrogens (primary N) is 1. The Bertz CT molecular complexity index is 501. The quantitative estimate of drug-likeness (QED) is 0.488. The number of carbonyl (C=O) groups excluding carboxylic acids is 1. The molecular formula is C14H20FN3O. The van der Waals surface area contributed by atoms with Gasteiger partial charge in [0.1, 0.15) is 5.82 Å². The number of hydrogen-bond acceptors (Lipinski definition) is 3. The van der Waals surface area contributed by atoms with Crippen molar-refractivity contribution in [2.75, 3.05) is 11.4 Å². The van der Waals surface area contributed by atoms with E-state index in [0.717, 1.165) is 17.7 Å². The average molecular weight is 265 g/mol. The van der Waals surface area contributed by atoms with Crippen LogP contribution in [-0.2, 0) is 4.79 Å². The van der Waals surface area contributed by atoms with Crippen molar-refractivity contribution < 1.29 is 9.18 Å². The number of hydrogen-bond donors (Lipinski definition) is 2. The summed E-state index contributed by atoms with van der Waals surface area (Å²) in [6.45, 7) is 6.43. The number of halogens is 1. The van der Waals surface area contributed by atoms with E-state index in [2.05, 4.69) is 26.2 Å². The Morgan fingerprint density at radius 2 is 2.26 bits per heavy atom. The Hall–Kier alpha value is -1.62. The van der Waals surface area contributed by atoms with Crippen LogP contribution in [-0.4, -0.2) is 18.0 Å². The summed E-state index contributed by atoms with van der Waals surface area (Å²) in [4.78, 5) is 13.6. The van der Waals surface area contributed by atoms with Gasteiger partial charge in [-0.1, -0.05) is 6.92 Å². The van der Waals surface area contributed by atoms with Gasteiger partial charge in [0.15, 0.2) is 0 Å². The summed E-state index contributed by atoms with van der Waals surface area (Å²) in [7, 11) is 0. The molecule has 4 nitrogen and oxygen atoms in total. The van der Waals surface area contributed by atoms with Gasteiger partial charge in [0, 0.05) is 11.2 Å². The van der Waals surface area contributed by atoms with E-state index in [9.17, 15) is 9.18 Å². The number of carbonyl (C=O) groups is 1. The lowest BCUT2D eigenvalue weighted by Gasteiger charge is -2.47. The standard InChI is InChI=1S/C14H20FN3O/c1-9-7-14(2,3)18(8-13(19)17-16)12-5-4-10(15)6-11(9)12/h4-6,9H,7-8,16H2,1-3H3,(H,17,19)/t9-/m1/s1. The number of rotatable bonds is 2. The molecular weight excluding hydrogens is 245 g/mol. The number of nitrogens with one attached hydrogen (secondary N) is 1. The third-order valence-corrected chi connectivity index (χ3v) is 3.81. The second-order valence-electron chi connectivity index (χ2n) is 5.77. The predicted molar refractivity (Wildman–Crippen MR) is 73.2 cm³/mol. The molecule has 2 rings (SSSR count). The monoisotopic (exact) mass is 265 g/mol. The highest BCUT2D eigenvalue weighted by atomic mass is 19.1. The van der Waals surface area contributed by atoms with Crippen molar-refractivity contribution >= 4 is 11.6 Å². The molecule has 0 fully saturated rings. The molecule has 0 bridgehead atoms. The molecule has 0 radical (unpaired) electrons. The van der Waals surface area contributed by atoms with Crippen LogP contribution in [0.5, 0.6) is 0 Å². The second-order valence-corrected chi connectivity index (χ2v) is 5.77. The lowest BCUT2D eigenvalue weighted by atomic mass is 9.80. The van der Waals surface area contributed by atoms with Crippen LogP contribution >= 0.6 is 0 Å². The van der Waals surface area contributed by atoms with E-state index in [0.29, 0.717) is 0 Å². The van der Waals surface area contributed by atoms with E-state index < -0.39 is 0 Å². The highest BCUT2D eigenvalue weighted by Crippen LogP contribution is 2.43. The van der Waals surface area contributed by atoms with E-state index in [1.165, 1.54) is 6.07 Å². The molecule has 0 saturated carbocycles. The van der Waals surface area contributed by atoms with Crippen LogP contribution in [0.25, 0.3) is 0 Å². The first-order chi connectivity index (χ1) is 8.85. The van der Waals surface area contributed by atoms with E-state index in [4.69, 9.17) is 5.84 Å².